The molecule has 1 aromatic carbocycles. The maximum atomic E-state index is 11.7. The molecular formula is C18H17N3O3. The number of rotatable bonds is 5. The molecular weight excluding hydrogens is 306 g/mol. The van der Waals surface area contributed by atoms with E-state index in [1.165, 1.54) is 0 Å². The fraction of sp³-hybridized carbons (Fsp3) is 0.167. The highest BCUT2D eigenvalue weighted by atomic mass is 16.5. The van der Waals surface area contributed by atoms with Crippen LogP contribution < -0.4 is 4.74 Å². The van der Waals surface area contributed by atoms with E-state index in [0.717, 1.165) is 11.4 Å². The highest BCUT2D eigenvalue weighted by molar-refractivity contribution is 5.96. The SMILES string of the molecule is CCOc1ccc(-n2nc(C)c(C(=O)O)c2-c2cccnc2)cc1. The topological polar surface area (TPSA) is 77.2 Å². The Labute approximate surface area is 139 Å². The van der Waals surface area contributed by atoms with E-state index in [1.807, 2.05) is 37.3 Å². The van der Waals surface area contributed by atoms with Gasteiger partial charge in [0.05, 0.1) is 23.7 Å². The minimum absolute atomic E-state index is 0.178. The van der Waals surface area contributed by atoms with Gasteiger partial charge in [-0.15, -0.1) is 0 Å². The first kappa shape index (κ1) is 15.7. The van der Waals surface area contributed by atoms with Crippen molar-refractivity contribution >= 4 is 5.97 Å². The van der Waals surface area contributed by atoms with Crippen LogP contribution in [-0.2, 0) is 0 Å². The molecule has 2 aromatic heterocycles. The summed E-state index contributed by atoms with van der Waals surface area (Å²) in [4.78, 5) is 15.8. The van der Waals surface area contributed by atoms with E-state index in [1.54, 1.807) is 30.1 Å². The Morgan fingerprint density at radius 2 is 2.00 bits per heavy atom. The summed E-state index contributed by atoms with van der Waals surface area (Å²) in [5.41, 5.74) is 2.60. The first-order valence-corrected chi connectivity index (χ1v) is 7.58. The van der Waals surface area contributed by atoms with E-state index in [-0.39, 0.29) is 5.56 Å². The van der Waals surface area contributed by atoms with Crippen LogP contribution in [0.25, 0.3) is 16.9 Å². The van der Waals surface area contributed by atoms with Crippen molar-refractivity contribution in [3.8, 4) is 22.7 Å². The van der Waals surface area contributed by atoms with E-state index in [0.29, 0.717) is 23.6 Å². The summed E-state index contributed by atoms with van der Waals surface area (Å²) in [7, 11) is 0. The molecule has 6 heteroatoms. The van der Waals surface area contributed by atoms with Crippen molar-refractivity contribution in [1.29, 1.82) is 0 Å². The Kier molecular flexibility index (Phi) is 4.29. The third kappa shape index (κ3) is 2.86. The zero-order valence-corrected chi connectivity index (χ0v) is 13.4. The molecule has 0 bridgehead atoms. The number of carbonyl (C=O) groups is 1. The van der Waals surface area contributed by atoms with Crippen LogP contribution in [0.1, 0.15) is 23.0 Å². The van der Waals surface area contributed by atoms with Gasteiger partial charge >= 0.3 is 5.97 Å². The molecule has 0 fully saturated rings. The fourth-order valence-corrected chi connectivity index (χ4v) is 2.59. The van der Waals surface area contributed by atoms with Gasteiger partial charge in [0.15, 0.2) is 0 Å². The third-order valence-electron chi connectivity index (χ3n) is 3.60. The number of aryl methyl sites for hydroxylation is 1. The zero-order valence-electron chi connectivity index (χ0n) is 13.4. The Morgan fingerprint density at radius 3 is 2.58 bits per heavy atom. The summed E-state index contributed by atoms with van der Waals surface area (Å²) in [5, 5.41) is 14.0. The van der Waals surface area contributed by atoms with E-state index in [4.69, 9.17) is 4.74 Å². The summed E-state index contributed by atoms with van der Waals surface area (Å²) in [5.74, 6) is -0.255. The molecule has 1 N–H and O–H groups in total. The third-order valence-corrected chi connectivity index (χ3v) is 3.60. The largest absolute Gasteiger partial charge is 0.494 e. The van der Waals surface area contributed by atoms with E-state index >= 15 is 0 Å². The first-order chi connectivity index (χ1) is 11.6. The summed E-state index contributed by atoms with van der Waals surface area (Å²) >= 11 is 0. The quantitative estimate of drug-likeness (QED) is 0.779. The molecule has 0 spiro atoms. The summed E-state index contributed by atoms with van der Waals surface area (Å²) in [6, 6.07) is 11.0. The number of aromatic nitrogens is 3. The number of carboxylic acids is 1. The molecule has 0 radical (unpaired) electrons. The molecule has 0 amide bonds. The molecule has 6 nitrogen and oxygen atoms in total. The smallest absolute Gasteiger partial charge is 0.339 e. The van der Waals surface area contributed by atoms with Gasteiger partial charge in [-0.3, -0.25) is 4.98 Å². The molecule has 24 heavy (non-hydrogen) atoms. The van der Waals surface area contributed by atoms with Crippen LogP contribution in [0.5, 0.6) is 5.75 Å². The van der Waals surface area contributed by atoms with Gasteiger partial charge in [0.25, 0.3) is 0 Å². The van der Waals surface area contributed by atoms with Crippen LogP contribution in [0.4, 0.5) is 0 Å². The Morgan fingerprint density at radius 1 is 1.25 bits per heavy atom. The molecule has 0 saturated carbocycles. The number of benzene rings is 1. The number of hydrogen-bond acceptors (Lipinski definition) is 4. The molecule has 0 atom stereocenters. The number of nitrogens with zero attached hydrogens (tertiary/aromatic N) is 3. The van der Waals surface area contributed by atoms with Crippen LogP contribution in [0, 0.1) is 6.92 Å². The van der Waals surface area contributed by atoms with Crippen molar-refractivity contribution in [3.63, 3.8) is 0 Å². The van der Waals surface area contributed by atoms with Crippen LogP contribution in [0.15, 0.2) is 48.8 Å². The Bertz CT molecular complexity index is 855. The predicted octanol–water partition coefficient (Wildman–Crippen LogP) is 3.34. The first-order valence-electron chi connectivity index (χ1n) is 7.58. The average molecular weight is 323 g/mol. The monoisotopic (exact) mass is 323 g/mol. The van der Waals surface area contributed by atoms with Gasteiger partial charge in [-0.2, -0.15) is 5.10 Å². The second kappa shape index (κ2) is 6.54. The highest BCUT2D eigenvalue weighted by Gasteiger charge is 2.23. The lowest BCUT2D eigenvalue weighted by Crippen LogP contribution is -2.03. The van der Waals surface area contributed by atoms with Gasteiger partial charge in [-0.25, -0.2) is 9.48 Å². The number of hydrogen-bond donors (Lipinski definition) is 1. The van der Waals surface area contributed by atoms with E-state index in [2.05, 4.69) is 10.1 Å². The molecule has 122 valence electrons. The summed E-state index contributed by atoms with van der Waals surface area (Å²) in [6.07, 6.45) is 3.28. The van der Waals surface area contributed by atoms with Crippen molar-refractivity contribution in [2.75, 3.05) is 6.61 Å². The minimum Gasteiger partial charge on any atom is -0.494 e. The van der Waals surface area contributed by atoms with Crippen molar-refractivity contribution in [2.45, 2.75) is 13.8 Å². The molecule has 0 aliphatic rings. The standard InChI is InChI=1S/C18H17N3O3/c1-3-24-15-8-6-14(7-9-15)21-17(13-5-4-10-19-11-13)16(18(22)23)12(2)20-21/h4-11H,3H2,1-2H3,(H,22,23). The Hall–Kier alpha value is -3.15. The summed E-state index contributed by atoms with van der Waals surface area (Å²) in [6.45, 7) is 4.20. The molecule has 0 saturated heterocycles. The number of pyridine rings is 1. The molecule has 0 aliphatic carbocycles. The maximum Gasteiger partial charge on any atom is 0.339 e. The molecule has 0 unspecified atom stereocenters. The van der Waals surface area contributed by atoms with E-state index in [9.17, 15) is 9.90 Å². The van der Waals surface area contributed by atoms with Crippen molar-refractivity contribution in [2.24, 2.45) is 0 Å². The number of aromatic carboxylic acids is 1. The lowest BCUT2D eigenvalue weighted by molar-refractivity contribution is 0.0697. The van der Waals surface area contributed by atoms with E-state index < -0.39 is 5.97 Å². The molecule has 0 aliphatic heterocycles. The molecule has 3 aromatic rings. The fourth-order valence-electron chi connectivity index (χ4n) is 2.59. The normalized spacial score (nSPS) is 10.6. The lowest BCUT2D eigenvalue weighted by atomic mass is 10.1. The van der Waals surface area contributed by atoms with Crippen LogP contribution in [-0.4, -0.2) is 32.4 Å². The Balaban J connectivity index is 2.17. The van der Waals surface area contributed by atoms with Crippen molar-refractivity contribution in [3.05, 3.63) is 60.0 Å². The maximum absolute atomic E-state index is 11.7. The van der Waals surface area contributed by atoms with Gasteiger partial charge < -0.3 is 9.84 Å². The average Bonchev–Trinajstić information content (AvgIpc) is 2.94. The minimum atomic E-state index is -1.01. The van der Waals surface area contributed by atoms with Gasteiger partial charge in [0.1, 0.15) is 11.3 Å². The highest BCUT2D eigenvalue weighted by Crippen LogP contribution is 2.29. The van der Waals surface area contributed by atoms with Crippen LogP contribution >= 0.6 is 0 Å². The van der Waals surface area contributed by atoms with Gasteiger partial charge in [-0.1, -0.05) is 0 Å². The lowest BCUT2D eigenvalue weighted by Gasteiger charge is -2.09. The van der Waals surface area contributed by atoms with Crippen LogP contribution in [0.2, 0.25) is 0 Å². The predicted molar refractivity (Wildman–Crippen MR) is 89.7 cm³/mol. The van der Waals surface area contributed by atoms with Gasteiger partial charge in [0.2, 0.25) is 0 Å². The summed E-state index contributed by atoms with van der Waals surface area (Å²) < 4.78 is 7.08. The zero-order chi connectivity index (χ0) is 17.1. The second-order valence-electron chi connectivity index (χ2n) is 5.19. The van der Waals surface area contributed by atoms with Crippen molar-refractivity contribution < 1.29 is 14.6 Å². The van der Waals surface area contributed by atoms with Gasteiger partial charge in [-0.05, 0) is 50.2 Å². The molecule has 2 heterocycles. The molecule has 3 rings (SSSR count). The van der Waals surface area contributed by atoms with Crippen LogP contribution in [0.3, 0.4) is 0 Å². The number of ether oxygens (including phenoxy) is 1. The van der Waals surface area contributed by atoms with Crippen molar-refractivity contribution in [1.82, 2.24) is 14.8 Å². The van der Waals surface area contributed by atoms with Gasteiger partial charge in [0, 0.05) is 18.0 Å². The second-order valence-corrected chi connectivity index (χ2v) is 5.19. The number of carboxylic acid groups (broad SMARTS) is 1.